The van der Waals surface area contributed by atoms with Gasteiger partial charge in [0.25, 0.3) is 0 Å². The third-order valence-electron chi connectivity index (χ3n) is 5.53. The van der Waals surface area contributed by atoms with Crippen LogP contribution in [0.15, 0.2) is 0 Å². The zero-order chi connectivity index (χ0) is 16.6. The van der Waals surface area contributed by atoms with Gasteiger partial charge in [-0.1, -0.05) is 13.8 Å². The molecule has 0 saturated carbocycles. The number of nitrogens with zero attached hydrogens (tertiary/aromatic N) is 2. The zero-order valence-corrected chi connectivity index (χ0v) is 15.5. The first-order chi connectivity index (χ1) is 10.9. The molecule has 3 aliphatic rings. The number of halogens is 1. The lowest BCUT2D eigenvalue weighted by Crippen LogP contribution is -2.49. The molecule has 24 heavy (non-hydrogen) atoms. The molecule has 0 bridgehead atoms. The fourth-order valence-corrected chi connectivity index (χ4v) is 4.25. The number of rotatable bonds is 3. The number of hydrogen-bond acceptors (Lipinski definition) is 4. The average molecular weight is 360 g/mol. The standard InChI is InChI=1S/C17H29N3O3.ClH/c1-12(2)10-20-11-17(8-15(20)22)3-5-19(6-4-17)16(23)14-7-13(21)9-18-14;/h12-14,18,21H,3-11H2,1-2H3;1H/t13-,14+;/m1./s1. The van der Waals surface area contributed by atoms with Crippen molar-refractivity contribution in [2.45, 2.75) is 51.7 Å². The van der Waals surface area contributed by atoms with Crippen molar-refractivity contribution < 1.29 is 14.7 Å². The average Bonchev–Trinajstić information content (AvgIpc) is 3.04. The van der Waals surface area contributed by atoms with Crippen molar-refractivity contribution in [3.63, 3.8) is 0 Å². The Labute approximate surface area is 150 Å². The second kappa shape index (κ2) is 7.58. The summed E-state index contributed by atoms with van der Waals surface area (Å²) < 4.78 is 0. The zero-order valence-electron chi connectivity index (χ0n) is 14.7. The summed E-state index contributed by atoms with van der Waals surface area (Å²) in [5, 5.41) is 12.7. The monoisotopic (exact) mass is 359 g/mol. The lowest BCUT2D eigenvalue weighted by atomic mass is 9.77. The maximum atomic E-state index is 12.5. The van der Waals surface area contributed by atoms with E-state index in [1.165, 1.54) is 0 Å². The molecule has 3 aliphatic heterocycles. The van der Waals surface area contributed by atoms with Crippen molar-refractivity contribution in [3.05, 3.63) is 0 Å². The van der Waals surface area contributed by atoms with Crippen LogP contribution in [0.1, 0.15) is 39.5 Å². The number of aliphatic hydroxyl groups excluding tert-OH is 1. The van der Waals surface area contributed by atoms with Gasteiger partial charge < -0.3 is 20.2 Å². The van der Waals surface area contributed by atoms with E-state index in [-0.39, 0.29) is 35.7 Å². The van der Waals surface area contributed by atoms with Crippen LogP contribution in [0.2, 0.25) is 0 Å². The van der Waals surface area contributed by atoms with E-state index in [1.54, 1.807) is 0 Å². The Balaban J connectivity index is 0.00000208. The van der Waals surface area contributed by atoms with E-state index in [2.05, 4.69) is 19.2 Å². The molecule has 0 aliphatic carbocycles. The van der Waals surface area contributed by atoms with Crippen molar-refractivity contribution in [3.8, 4) is 0 Å². The molecule has 6 nitrogen and oxygen atoms in total. The maximum absolute atomic E-state index is 12.5. The molecule has 3 saturated heterocycles. The van der Waals surface area contributed by atoms with Gasteiger partial charge in [0.1, 0.15) is 0 Å². The van der Waals surface area contributed by atoms with E-state index in [0.29, 0.717) is 25.3 Å². The van der Waals surface area contributed by atoms with Gasteiger partial charge >= 0.3 is 0 Å². The molecular weight excluding hydrogens is 330 g/mol. The largest absolute Gasteiger partial charge is 0.392 e. The Morgan fingerprint density at radius 1 is 1.38 bits per heavy atom. The number of nitrogens with one attached hydrogen (secondary N) is 1. The van der Waals surface area contributed by atoms with E-state index in [9.17, 15) is 14.7 Å². The highest BCUT2D eigenvalue weighted by Gasteiger charge is 2.46. The van der Waals surface area contributed by atoms with E-state index in [0.717, 1.165) is 39.0 Å². The van der Waals surface area contributed by atoms with Crippen molar-refractivity contribution in [2.24, 2.45) is 11.3 Å². The minimum atomic E-state index is -0.405. The van der Waals surface area contributed by atoms with Crippen molar-refractivity contribution >= 4 is 24.2 Å². The van der Waals surface area contributed by atoms with Gasteiger partial charge in [-0.3, -0.25) is 9.59 Å². The normalized spacial score (nSPS) is 29.4. The van der Waals surface area contributed by atoms with Gasteiger partial charge in [-0.25, -0.2) is 0 Å². The Hall–Kier alpha value is -0.850. The smallest absolute Gasteiger partial charge is 0.239 e. The SMILES string of the molecule is CC(C)CN1CC2(CCN(C(=O)[C@@H]3C[C@@H](O)CN3)CC2)CC1=O.Cl. The van der Waals surface area contributed by atoms with Crippen LogP contribution in [0.3, 0.4) is 0 Å². The summed E-state index contributed by atoms with van der Waals surface area (Å²) in [5.74, 6) is 0.884. The van der Waals surface area contributed by atoms with Crippen LogP contribution >= 0.6 is 12.4 Å². The molecule has 2 N–H and O–H groups in total. The summed E-state index contributed by atoms with van der Waals surface area (Å²) in [4.78, 5) is 28.7. The first kappa shape index (κ1) is 19.5. The number of piperidine rings is 1. The lowest BCUT2D eigenvalue weighted by molar-refractivity contribution is -0.135. The second-order valence-electron chi connectivity index (χ2n) is 8.02. The molecule has 138 valence electrons. The van der Waals surface area contributed by atoms with Crippen molar-refractivity contribution in [1.82, 2.24) is 15.1 Å². The summed E-state index contributed by atoms with van der Waals surface area (Å²) in [6.07, 6.45) is 2.57. The second-order valence-corrected chi connectivity index (χ2v) is 8.02. The van der Waals surface area contributed by atoms with Crippen LogP contribution in [0.5, 0.6) is 0 Å². The molecule has 0 aromatic carbocycles. The number of hydrogen-bond donors (Lipinski definition) is 2. The predicted molar refractivity (Wildman–Crippen MR) is 93.9 cm³/mol. The number of β-amino-alcohol motifs (C(OH)–C–C–N with tert-alkyl or cyclic N) is 1. The van der Waals surface area contributed by atoms with Gasteiger partial charge in [-0.05, 0) is 25.2 Å². The first-order valence-electron chi connectivity index (χ1n) is 8.86. The molecule has 0 aromatic rings. The van der Waals surface area contributed by atoms with E-state index in [1.807, 2.05) is 9.80 Å². The van der Waals surface area contributed by atoms with E-state index in [4.69, 9.17) is 0 Å². The minimum absolute atomic E-state index is 0. The summed E-state index contributed by atoms with van der Waals surface area (Å²) >= 11 is 0. The highest BCUT2D eigenvalue weighted by atomic mass is 35.5. The van der Waals surface area contributed by atoms with E-state index < -0.39 is 6.10 Å². The van der Waals surface area contributed by atoms with Crippen LogP contribution in [0, 0.1) is 11.3 Å². The van der Waals surface area contributed by atoms with Crippen LogP contribution in [0.4, 0.5) is 0 Å². The van der Waals surface area contributed by atoms with Crippen molar-refractivity contribution in [2.75, 3.05) is 32.7 Å². The van der Waals surface area contributed by atoms with Gasteiger partial charge in [0, 0.05) is 44.6 Å². The Morgan fingerprint density at radius 2 is 2.04 bits per heavy atom. The summed E-state index contributed by atoms with van der Waals surface area (Å²) in [5.41, 5.74) is 0.0748. The van der Waals surface area contributed by atoms with Gasteiger partial charge in [-0.15, -0.1) is 12.4 Å². The molecule has 3 fully saturated rings. The van der Waals surface area contributed by atoms with Crippen LogP contribution < -0.4 is 5.32 Å². The molecule has 0 radical (unpaired) electrons. The van der Waals surface area contributed by atoms with Crippen molar-refractivity contribution in [1.29, 1.82) is 0 Å². The Morgan fingerprint density at radius 3 is 2.58 bits per heavy atom. The summed E-state index contributed by atoms with van der Waals surface area (Å²) in [7, 11) is 0. The number of carbonyl (C=O) groups excluding carboxylic acids is 2. The molecule has 3 heterocycles. The van der Waals surface area contributed by atoms with Crippen LogP contribution in [0.25, 0.3) is 0 Å². The minimum Gasteiger partial charge on any atom is -0.392 e. The van der Waals surface area contributed by atoms with Crippen LogP contribution in [-0.4, -0.2) is 71.6 Å². The fraction of sp³-hybridized carbons (Fsp3) is 0.882. The maximum Gasteiger partial charge on any atom is 0.239 e. The molecular formula is C17H30ClN3O3. The number of carbonyl (C=O) groups is 2. The highest BCUT2D eigenvalue weighted by Crippen LogP contribution is 2.41. The number of aliphatic hydroxyl groups is 1. The third-order valence-corrected chi connectivity index (χ3v) is 5.53. The Bertz CT molecular complexity index is 478. The number of likely N-dealkylation sites (tertiary alicyclic amines) is 2. The quantitative estimate of drug-likeness (QED) is 0.775. The summed E-state index contributed by atoms with van der Waals surface area (Å²) in [6, 6.07) is -0.235. The predicted octanol–water partition coefficient (Wildman–Crippen LogP) is 0.628. The van der Waals surface area contributed by atoms with Gasteiger partial charge in [0.15, 0.2) is 0 Å². The molecule has 7 heteroatoms. The lowest BCUT2D eigenvalue weighted by Gasteiger charge is -2.39. The molecule has 3 rings (SSSR count). The number of amides is 2. The highest BCUT2D eigenvalue weighted by molar-refractivity contribution is 5.85. The topological polar surface area (TPSA) is 72.9 Å². The molecule has 2 atom stereocenters. The first-order valence-corrected chi connectivity index (χ1v) is 8.86. The van der Waals surface area contributed by atoms with E-state index >= 15 is 0 Å². The van der Waals surface area contributed by atoms with Gasteiger partial charge in [0.2, 0.25) is 11.8 Å². The molecule has 0 aromatic heterocycles. The summed E-state index contributed by atoms with van der Waals surface area (Å²) in [6.45, 7) is 7.95. The molecule has 2 amide bonds. The molecule has 0 unspecified atom stereocenters. The molecule has 1 spiro atoms. The van der Waals surface area contributed by atoms with Gasteiger partial charge in [0.05, 0.1) is 12.1 Å². The van der Waals surface area contributed by atoms with Crippen LogP contribution in [-0.2, 0) is 9.59 Å². The third kappa shape index (κ3) is 4.03. The fourth-order valence-electron chi connectivity index (χ4n) is 4.25. The van der Waals surface area contributed by atoms with Gasteiger partial charge in [-0.2, -0.15) is 0 Å². The Kier molecular flexibility index (Phi) is 6.15.